The van der Waals surface area contributed by atoms with Gasteiger partial charge in [0.05, 0.1) is 6.26 Å². The van der Waals surface area contributed by atoms with Crippen LogP contribution in [0.4, 0.5) is 0 Å². The lowest BCUT2D eigenvalue weighted by atomic mass is 10.0. The molecule has 1 N–H and O–H groups in total. The van der Waals surface area contributed by atoms with E-state index in [1.54, 1.807) is 23.3 Å². The van der Waals surface area contributed by atoms with Crippen molar-refractivity contribution < 1.29 is 19.1 Å². The van der Waals surface area contributed by atoms with Gasteiger partial charge in [0, 0.05) is 44.9 Å². The lowest BCUT2D eigenvalue weighted by Gasteiger charge is -2.27. The van der Waals surface area contributed by atoms with Gasteiger partial charge in [-0.1, -0.05) is 0 Å². The number of rotatable bonds is 6. The van der Waals surface area contributed by atoms with Crippen LogP contribution in [-0.2, 0) is 9.59 Å². The van der Waals surface area contributed by atoms with Gasteiger partial charge in [0.1, 0.15) is 11.9 Å². The summed E-state index contributed by atoms with van der Waals surface area (Å²) in [6.45, 7) is 2.02. The molecule has 3 heterocycles. The highest BCUT2D eigenvalue weighted by Gasteiger charge is 2.31. The molecule has 2 unspecified atom stereocenters. The number of hydrogen-bond acceptors (Lipinski definition) is 4. The van der Waals surface area contributed by atoms with Crippen molar-refractivity contribution in [2.45, 2.75) is 50.7 Å². The zero-order valence-corrected chi connectivity index (χ0v) is 13.3. The fourth-order valence-corrected chi connectivity index (χ4v) is 3.58. The second-order valence-corrected chi connectivity index (χ2v) is 6.38. The van der Waals surface area contributed by atoms with E-state index in [1.807, 2.05) is 4.90 Å². The summed E-state index contributed by atoms with van der Waals surface area (Å²) in [7, 11) is 0. The second-order valence-electron chi connectivity index (χ2n) is 6.38. The van der Waals surface area contributed by atoms with Gasteiger partial charge in [0.25, 0.3) is 0 Å². The summed E-state index contributed by atoms with van der Waals surface area (Å²) in [6.07, 6.45) is 5.12. The molecule has 2 atom stereocenters. The fraction of sp³-hybridized carbons (Fsp3) is 0.647. The molecule has 2 aliphatic rings. The van der Waals surface area contributed by atoms with E-state index in [4.69, 9.17) is 4.42 Å². The van der Waals surface area contributed by atoms with Gasteiger partial charge in [-0.25, -0.2) is 0 Å². The van der Waals surface area contributed by atoms with Crippen LogP contribution in [0.2, 0.25) is 0 Å². The highest BCUT2D eigenvalue weighted by molar-refractivity contribution is 5.80. The number of nitrogens with zero attached hydrogens (tertiary/aromatic N) is 2. The van der Waals surface area contributed by atoms with E-state index in [1.165, 1.54) is 0 Å². The molecule has 6 nitrogen and oxygen atoms in total. The number of hydrogen-bond donors (Lipinski definition) is 1. The Bertz CT molecular complexity index is 543. The van der Waals surface area contributed by atoms with Crippen LogP contribution >= 0.6 is 0 Å². The van der Waals surface area contributed by atoms with Gasteiger partial charge < -0.3 is 19.3 Å². The molecule has 6 heteroatoms. The first-order valence-electron chi connectivity index (χ1n) is 8.44. The van der Waals surface area contributed by atoms with Gasteiger partial charge in [-0.3, -0.25) is 9.59 Å². The lowest BCUT2D eigenvalue weighted by molar-refractivity contribution is -0.134. The Hall–Kier alpha value is -1.82. The number of aliphatic hydroxyl groups excluding tert-OH is 1. The molecule has 2 fully saturated rings. The molecule has 126 valence electrons. The van der Waals surface area contributed by atoms with Crippen LogP contribution in [-0.4, -0.2) is 52.4 Å². The number of carbonyl (C=O) groups is 2. The largest absolute Gasteiger partial charge is 0.467 e. The molecule has 0 saturated carbocycles. The SMILES string of the molecule is O=C1CCCN1CCC(=O)N1CCCC1CC(O)c1ccco1. The Kier molecular flexibility index (Phi) is 5.00. The Morgan fingerprint density at radius 1 is 1.39 bits per heavy atom. The van der Waals surface area contributed by atoms with Crippen molar-refractivity contribution in [2.24, 2.45) is 0 Å². The van der Waals surface area contributed by atoms with Gasteiger partial charge >= 0.3 is 0 Å². The van der Waals surface area contributed by atoms with Crippen molar-refractivity contribution in [1.29, 1.82) is 0 Å². The Morgan fingerprint density at radius 3 is 2.96 bits per heavy atom. The fourth-order valence-electron chi connectivity index (χ4n) is 3.58. The van der Waals surface area contributed by atoms with E-state index in [0.29, 0.717) is 31.6 Å². The highest BCUT2D eigenvalue weighted by atomic mass is 16.4. The van der Waals surface area contributed by atoms with Crippen LogP contribution in [0.15, 0.2) is 22.8 Å². The number of likely N-dealkylation sites (tertiary alicyclic amines) is 2. The van der Waals surface area contributed by atoms with Gasteiger partial charge in [-0.05, 0) is 31.4 Å². The van der Waals surface area contributed by atoms with Crippen LogP contribution < -0.4 is 0 Å². The molecule has 2 aliphatic heterocycles. The Balaban J connectivity index is 1.51. The first-order chi connectivity index (χ1) is 11.1. The predicted octanol–water partition coefficient (Wildman–Crippen LogP) is 1.71. The second kappa shape index (κ2) is 7.17. The van der Waals surface area contributed by atoms with Crippen LogP contribution in [0, 0.1) is 0 Å². The Morgan fingerprint density at radius 2 is 2.26 bits per heavy atom. The van der Waals surface area contributed by atoms with Crippen LogP contribution in [0.25, 0.3) is 0 Å². The smallest absolute Gasteiger partial charge is 0.224 e. The van der Waals surface area contributed by atoms with Crippen LogP contribution in [0.3, 0.4) is 0 Å². The van der Waals surface area contributed by atoms with Crippen molar-refractivity contribution >= 4 is 11.8 Å². The lowest BCUT2D eigenvalue weighted by Crippen LogP contribution is -2.38. The van der Waals surface area contributed by atoms with Crippen molar-refractivity contribution in [2.75, 3.05) is 19.6 Å². The summed E-state index contributed by atoms with van der Waals surface area (Å²) < 4.78 is 5.23. The summed E-state index contributed by atoms with van der Waals surface area (Å²) in [5, 5.41) is 10.2. The molecule has 2 amide bonds. The number of aliphatic hydroxyl groups is 1. The summed E-state index contributed by atoms with van der Waals surface area (Å²) >= 11 is 0. The van der Waals surface area contributed by atoms with Gasteiger partial charge in [-0.2, -0.15) is 0 Å². The van der Waals surface area contributed by atoms with Crippen molar-refractivity contribution in [3.8, 4) is 0 Å². The molecule has 3 rings (SSSR count). The van der Waals surface area contributed by atoms with Crippen molar-refractivity contribution in [3.05, 3.63) is 24.2 Å². The molecule has 0 bridgehead atoms. The monoisotopic (exact) mass is 320 g/mol. The van der Waals surface area contributed by atoms with Crippen LogP contribution in [0.1, 0.15) is 50.4 Å². The molecular weight excluding hydrogens is 296 g/mol. The Labute approximate surface area is 136 Å². The van der Waals surface area contributed by atoms with Crippen molar-refractivity contribution in [3.63, 3.8) is 0 Å². The minimum Gasteiger partial charge on any atom is -0.467 e. The van der Waals surface area contributed by atoms with Gasteiger partial charge in [0.2, 0.25) is 11.8 Å². The summed E-state index contributed by atoms with van der Waals surface area (Å²) in [6, 6.07) is 3.56. The third-order valence-corrected chi connectivity index (χ3v) is 4.83. The number of amides is 2. The quantitative estimate of drug-likeness (QED) is 0.866. The first kappa shape index (κ1) is 16.1. The molecule has 0 spiro atoms. The normalized spacial score (nSPS) is 22.8. The number of furan rings is 1. The molecule has 0 aliphatic carbocycles. The van der Waals surface area contributed by atoms with E-state index < -0.39 is 6.10 Å². The van der Waals surface area contributed by atoms with Crippen LogP contribution in [0.5, 0.6) is 0 Å². The third-order valence-electron chi connectivity index (χ3n) is 4.83. The molecule has 1 aromatic heterocycles. The minimum atomic E-state index is -0.677. The maximum absolute atomic E-state index is 12.5. The predicted molar refractivity (Wildman–Crippen MR) is 83.5 cm³/mol. The van der Waals surface area contributed by atoms with E-state index in [-0.39, 0.29) is 17.9 Å². The summed E-state index contributed by atoms with van der Waals surface area (Å²) in [5.41, 5.74) is 0. The van der Waals surface area contributed by atoms with E-state index >= 15 is 0 Å². The first-order valence-corrected chi connectivity index (χ1v) is 8.44. The zero-order chi connectivity index (χ0) is 16.2. The van der Waals surface area contributed by atoms with E-state index in [0.717, 1.165) is 32.4 Å². The topological polar surface area (TPSA) is 74.0 Å². The van der Waals surface area contributed by atoms with E-state index in [2.05, 4.69) is 0 Å². The molecule has 2 saturated heterocycles. The van der Waals surface area contributed by atoms with Gasteiger partial charge in [0.15, 0.2) is 0 Å². The van der Waals surface area contributed by atoms with Crippen molar-refractivity contribution in [1.82, 2.24) is 9.80 Å². The maximum Gasteiger partial charge on any atom is 0.224 e. The molecular formula is C17H24N2O4. The third kappa shape index (κ3) is 3.75. The molecule has 0 aromatic carbocycles. The van der Waals surface area contributed by atoms with Gasteiger partial charge in [-0.15, -0.1) is 0 Å². The molecule has 0 radical (unpaired) electrons. The summed E-state index contributed by atoms with van der Waals surface area (Å²) in [4.78, 5) is 27.7. The highest BCUT2D eigenvalue weighted by Crippen LogP contribution is 2.28. The molecule has 1 aromatic rings. The zero-order valence-electron chi connectivity index (χ0n) is 13.3. The minimum absolute atomic E-state index is 0.0527. The average Bonchev–Trinajstić information content (AvgIpc) is 3.26. The standard InChI is InChI=1S/C17H24N2O4/c20-14(15-5-3-11-23-15)12-13-4-1-9-19(13)17(22)7-10-18-8-2-6-16(18)21/h3,5,11,13-14,20H,1-2,4,6-10,12H2. The summed E-state index contributed by atoms with van der Waals surface area (Å²) in [5.74, 6) is 0.787. The molecule has 23 heavy (non-hydrogen) atoms. The number of carbonyl (C=O) groups excluding carboxylic acids is 2. The van der Waals surface area contributed by atoms with E-state index in [9.17, 15) is 14.7 Å². The average molecular weight is 320 g/mol. The maximum atomic E-state index is 12.5.